The van der Waals surface area contributed by atoms with E-state index in [-0.39, 0.29) is 47.4 Å². The standard InChI is InChI=1S/C13H14N2O6.C10H22O.C6H11NO2/c1-8(16)7-12(9(2)17)14-13(18)21-11-5-3-10(4-6-11)15(19)20;1-7(2)9(5)10(11-6)8(3)4;1-4(8)3-6(7)5(2)9/h3-6,12H,7H2,1-2H3,(H,14,18);7-10H,1-6H3;6H,3,7H2,1-2H3. The highest BCUT2D eigenvalue weighted by molar-refractivity contribution is 5.91. The average Bonchev–Trinajstić information content (AvgIpc) is 2.84. The fraction of sp³-hybridized carbons (Fsp3) is 0.621. The van der Waals surface area contributed by atoms with E-state index in [1.165, 1.54) is 52.0 Å². The molecule has 12 nitrogen and oxygen atoms in total. The molecule has 0 spiro atoms. The van der Waals surface area contributed by atoms with Crippen LogP contribution < -0.4 is 15.8 Å². The first-order chi connectivity index (χ1) is 18.8. The molecule has 4 atom stereocenters. The van der Waals surface area contributed by atoms with Gasteiger partial charge in [0.25, 0.3) is 5.69 Å². The molecule has 41 heavy (non-hydrogen) atoms. The molecule has 0 fully saturated rings. The van der Waals surface area contributed by atoms with Gasteiger partial charge in [-0.25, -0.2) is 4.79 Å². The van der Waals surface area contributed by atoms with Gasteiger partial charge in [0.05, 0.1) is 23.1 Å². The third-order valence-corrected chi connectivity index (χ3v) is 6.06. The lowest BCUT2D eigenvalue weighted by atomic mass is 9.86. The van der Waals surface area contributed by atoms with Crippen LogP contribution in [0.5, 0.6) is 5.75 Å². The van der Waals surface area contributed by atoms with Gasteiger partial charge in [-0.3, -0.25) is 29.3 Å². The van der Waals surface area contributed by atoms with Crippen LogP contribution in [0.4, 0.5) is 10.5 Å². The van der Waals surface area contributed by atoms with Gasteiger partial charge in [0, 0.05) is 32.1 Å². The molecule has 1 amide bonds. The molecule has 0 aliphatic carbocycles. The van der Waals surface area contributed by atoms with Gasteiger partial charge in [0.2, 0.25) is 0 Å². The van der Waals surface area contributed by atoms with Crippen molar-refractivity contribution in [3.63, 3.8) is 0 Å². The zero-order valence-electron chi connectivity index (χ0n) is 25.9. The summed E-state index contributed by atoms with van der Waals surface area (Å²) in [4.78, 5) is 64.5. The van der Waals surface area contributed by atoms with Gasteiger partial charge in [0.15, 0.2) is 5.78 Å². The van der Waals surface area contributed by atoms with Crippen LogP contribution in [0.3, 0.4) is 0 Å². The predicted molar refractivity (Wildman–Crippen MR) is 156 cm³/mol. The van der Waals surface area contributed by atoms with Crippen LogP contribution >= 0.6 is 0 Å². The predicted octanol–water partition coefficient (Wildman–Crippen LogP) is 4.45. The number of nitro benzene ring substituents is 1. The van der Waals surface area contributed by atoms with Crippen molar-refractivity contribution in [2.24, 2.45) is 23.5 Å². The lowest BCUT2D eigenvalue weighted by molar-refractivity contribution is -0.384. The van der Waals surface area contributed by atoms with Crippen molar-refractivity contribution < 1.29 is 38.4 Å². The van der Waals surface area contributed by atoms with Crippen LogP contribution in [0, 0.1) is 27.9 Å². The van der Waals surface area contributed by atoms with E-state index in [0.717, 1.165) is 0 Å². The second-order valence-electron chi connectivity index (χ2n) is 10.5. The Morgan fingerprint density at radius 3 is 1.61 bits per heavy atom. The summed E-state index contributed by atoms with van der Waals surface area (Å²) < 4.78 is 10.3. The van der Waals surface area contributed by atoms with Gasteiger partial charge in [-0.2, -0.15) is 0 Å². The third-order valence-electron chi connectivity index (χ3n) is 6.06. The molecular weight excluding hydrogens is 534 g/mol. The van der Waals surface area contributed by atoms with Crippen molar-refractivity contribution in [3.8, 4) is 5.75 Å². The van der Waals surface area contributed by atoms with E-state index in [4.69, 9.17) is 15.2 Å². The number of nitrogens with two attached hydrogens (primary N) is 1. The smallest absolute Gasteiger partial charge is 0.410 e. The van der Waals surface area contributed by atoms with Crippen LogP contribution in [0.15, 0.2) is 24.3 Å². The summed E-state index contributed by atoms with van der Waals surface area (Å²) >= 11 is 0. The molecule has 232 valence electrons. The number of carbonyl (C=O) groups excluding carboxylic acids is 5. The molecule has 0 aromatic heterocycles. The monoisotopic (exact) mass is 581 g/mol. The van der Waals surface area contributed by atoms with Gasteiger partial charge in [-0.15, -0.1) is 0 Å². The quantitative estimate of drug-likeness (QED) is 0.249. The average molecular weight is 582 g/mol. The number of amides is 1. The molecule has 1 rings (SSSR count). The van der Waals surface area contributed by atoms with E-state index >= 15 is 0 Å². The van der Waals surface area contributed by atoms with Crippen molar-refractivity contribution >= 4 is 34.9 Å². The summed E-state index contributed by atoms with van der Waals surface area (Å²) in [6, 6.07) is 3.33. The Labute approximate surface area is 242 Å². The molecular formula is C29H47N3O9. The number of nitrogens with zero attached hydrogens (tertiary/aromatic N) is 1. The Morgan fingerprint density at radius 2 is 1.34 bits per heavy atom. The van der Waals surface area contributed by atoms with Gasteiger partial charge in [0.1, 0.15) is 23.1 Å². The number of non-ortho nitro benzene ring substituents is 1. The molecule has 0 aliphatic rings. The highest BCUT2D eigenvalue weighted by atomic mass is 16.6. The van der Waals surface area contributed by atoms with Gasteiger partial charge in [-0.1, -0.05) is 34.6 Å². The fourth-order valence-electron chi connectivity index (χ4n) is 3.43. The normalized spacial score (nSPS) is 13.3. The number of Topliss-reactive ketones (excluding diaryl/α,β-unsaturated/α-hetero) is 4. The molecule has 1 aromatic rings. The topological polar surface area (TPSA) is 185 Å². The van der Waals surface area contributed by atoms with E-state index < -0.39 is 23.1 Å². The lowest BCUT2D eigenvalue weighted by Gasteiger charge is -2.28. The van der Waals surface area contributed by atoms with Gasteiger partial charge in [-0.05, 0) is 57.6 Å². The zero-order chi connectivity index (χ0) is 32.4. The summed E-state index contributed by atoms with van der Waals surface area (Å²) in [5, 5.41) is 12.7. The van der Waals surface area contributed by atoms with Gasteiger partial charge < -0.3 is 20.5 Å². The highest BCUT2D eigenvalue weighted by Crippen LogP contribution is 2.22. The van der Waals surface area contributed by atoms with Crippen molar-refractivity contribution in [1.82, 2.24) is 5.32 Å². The largest absolute Gasteiger partial charge is 0.413 e. The summed E-state index contributed by atoms with van der Waals surface area (Å²) in [5.41, 5.74) is 5.11. The molecule has 1 aromatic carbocycles. The number of ketones is 4. The molecule has 0 radical (unpaired) electrons. The first-order valence-electron chi connectivity index (χ1n) is 13.3. The SMILES string of the molecule is CC(=O)CC(N)C(C)=O.CC(=O)CC(NC(=O)Oc1ccc([N+](=O)[O-])cc1)C(C)=O.COC(C(C)C)C(C)C(C)C. The minimum absolute atomic E-state index is 0.0438. The second kappa shape index (κ2) is 20.4. The minimum atomic E-state index is -0.951. The molecule has 4 unspecified atom stereocenters. The number of ether oxygens (including phenoxy) is 2. The maximum Gasteiger partial charge on any atom is 0.413 e. The Hall–Kier alpha value is -3.51. The number of methoxy groups -OCH3 is 1. The highest BCUT2D eigenvalue weighted by Gasteiger charge is 2.22. The number of benzene rings is 1. The summed E-state index contributed by atoms with van der Waals surface area (Å²) in [6.45, 7) is 16.5. The molecule has 0 bridgehead atoms. The number of hydrogen-bond donors (Lipinski definition) is 2. The summed E-state index contributed by atoms with van der Waals surface area (Å²) in [5.74, 6) is 1.28. The Balaban J connectivity index is 0. The van der Waals surface area contributed by atoms with Crippen LogP contribution in [0.2, 0.25) is 0 Å². The molecule has 3 N–H and O–H groups in total. The van der Waals surface area contributed by atoms with E-state index in [2.05, 4.69) is 39.9 Å². The molecule has 0 heterocycles. The van der Waals surface area contributed by atoms with Crippen molar-refractivity contribution in [2.45, 2.75) is 93.3 Å². The molecule has 12 heteroatoms. The van der Waals surface area contributed by atoms with Crippen molar-refractivity contribution in [1.29, 1.82) is 0 Å². The summed E-state index contributed by atoms with van der Waals surface area (Å²) in [7, 11) is 1.81. The number of nitrogens with one attached hydrogen (secondary N) is 1. The first kappa shape index (κ1) is 39.6. The van der Waals surface area contributed by atoms with Crippen LogP contribution in [0.25, 0.3) is 0 Å². The Morgan fingerprint density at radius 1 is 0.854 bits per heavy atom. The maximum absolute atomic E-state index is 11.6. The van der Waals surface area contributed by atoms with E-state index in [1.54, 1.807) is 0 Å². The molecule has 0 aliphatic heterocycles. The maximum atomic E-state index is 11.6. The number of rotatable bonds is 13. The third kappa shape index (κ3) is 18.5. The van der Waals surface area contributed by atoms with E-state index in [0.29, 0.717) is 23.9 Å². The second-order valence-corrected chi connectivity index (χ2v) is 10.5. The number of hydrogen-bond acceptors (Lipinski definition) is 10. The Kier molecular flexibility index (Phi) is 19.7. The van der Waals surface area contributed by atoms with Crippen LogP contribution in [0.1, 0.15) is 75.2 Å². The number of carbonyl (C=O) groups is 5. The Bertz CT molecular complexity index is 1010. The first-order valence-corrected chi connectivity index (χ1v) is 13.3. The van der Waals surface area contributed by atoms with Crippen LogP contribution in [-0.2, 0) is 23.9 Å². The van der Waals surface area contributed by atoms with Gasteiger partial charge >= 0.3 is 6.09 Å². The fourth-order valence-corrected chi connectivity index (χ4v) is 3.43. The van der Waals surface area contributed by atoms with E-state index in [1.807, 2.05) is 7.11 Å². The number of nitro groups is 1. The molecule has 0 saturated heterocycles. The van der Waals surface area contributed by atoms with Crippen LogP contribution in [-0.4, -0.2) is 59.4 Å². The summed E-state index contributed by atoms with van der Waals surface area (Å²) in [6.07, 6.45) is -0.458. The molecule has 0 saturated carbocycles. The zero-order valence-corrected chi connectivity index (χ0v) is 25.9. The van der Waals surface area contributed by atoms with E-state index in [9.17, 15) is 34.1 Å². The minimum Gasteiger partial charge on any atom is -0.410 e. The van der Waals surface area contributed by atoms with Crippen molar-refractivity contribution in [3.05, 3.63) is 34.4 Å². The van der Waals surface area contributed by atoms with Crippen molar-refractivity contribution in [2.75, 3.05) is 7.11 Å². The lowest BCUT2D eigenvalue weighted by Crippen LogP contribution is -2.42.